The molecule has 0 saturated carbocycles. The summed E-state index contributed by atoms with van der Waals surface area (Å²) in [7, 11) is 1.50. The lowest BCUT2D eigenvalue weighted by molar-refractivity contribution is 0.0994. The van der Waals surface area contributed by atoms with E-state index in [0.29, 0.717) is 28.9 Å². The highest BCUT2D eigenvalue weighted by Gasteiger charge is 2.14. The number of amides is 1. The van der Waals surface area contributed by atoms with Crippen LogP contribution in [0.1, 0.15) is 10.4 Å². The van der Waals surface area contributed by atoms with Crippen LogP contribution in [0.15, 0.2) is 42.5 Å². The second-order valence-electron chi connectivity index (χ2n) is 4.35. The van der Waals surface area contributed by atoms with E-state index >= 15 is 0 Å². The topological polar surface area (TPSA) is 70.8 Å². The molecule has 0 aromatic heterocycles. The number of carbonyl (C=O) groups excluding carboxylic acids is 1. The average molecular weight is 322 g/mol. The smallest absolute Gasteiger partial charge is 0.252 e. The predicted molar refractivity (Wildman–Crippen MR) is 84.0 cm³/mol. The van der Waals surface area contributed by atoms with E-state index in [1.807, 2.05) is 0 Å². The fraction of sp³-hybridized carbons (Fsp3) is 0.188. The van der Waals surface area contributed by atoms with Crippen LogP contribution in [-0.4, -0.2) is 26.2 Å². The van der Waals surface area contributed by atoms with Crippen molar-refractivity contribution in [3.8, 4) is 17.2 Å². The van der Waals surface area contributed by atoms with Crippen molar-refractivity contribution in [1.82, 2.24) is 0 Å². The lowest BCUT2D eigenvalue weighted by Gasteiger charge is -2.14. The maximum absolute atomic E-state index is 11.4. The number of para-hydroxylation sites is 1. The Morgan fingerprint density at radius 3 is 2.41 bits per heavy atom. The summed E-state index contributed by atoms with van der Waals surface area (Å²) in [6, 6.07) is 12.0. The van der Waals surface area contributed by atoms with Gasteiger partial charge >= 0.3 is 0 Å². The molecule has 0 radical (unpaired) electrons. The van der Waals surface area contributed by atoms with Crippen LogP contribution in [0.3, 0.4) is 0 Å². The van der Waals surface area contributed by atoms with E-state index in [2.05, 4.69) is 0 Å². The minimum atomic E-state index is -0.576. The number of hydrogen-bond donors (Lipinski definition) is 1. The van der Waals surface area contributed by atoms with Gasteiger partial charge in [-0.2, -0.15) is 0 Å². The normalized spacial score (nSPS) is 10.1. The molecule has 5 nitrogen and oxygen atoms in total. The van der Waals surface area contributed by atoms with Crippen molar-refractivity contribution in [2.24, 2.45) is 5.73 Å². The number of nitrogens with two attached hydrogens (primary N) is 1. The fourth-order valence-electron chi connectivity index (χ4n) is 1.85. The Kier molecular flexibility index (Phi) is 5.49. The van der Waals surface area contributed by atoms with Crippen molar-refractivity contribution in [3.05, 3.63) is 53.1 Å². The van der Waals surface area contributed by atoms with Crippen LogP contribution < -0.4 is 19.9 Å². The summed E-state index contributed by atoms with van der Waals surface area (Å²) in [5.41, 5.74) is 5.60. The third kappa shape index (κ3) is 4.05. The van der Waals surface area contributed by atoms with Gasteiger partial charge in [-0.1, -0.05) is 17.7 Å². The van der Waals surface area contributed by atoms with Crippen LogP contribution in [0, 0.1) is 0 Å². The van der Waals surface area contributed by atoms with E-state index < -0.39 is 5.91 Å². The van der Waals surface area contributed by atoms with Crippen LogP contribution in [0.25, 0.3) is 0 Å². The molecule has 0 fully saturated rings. The molecule has 0 aliphatic rings. The minimum Gasteiger partial charge on any atom is -0.493 e. The zero-order chi connectivity index (χ0) is 15.9. The second kappa shape index (κ2) is 7.56. The quantitative estimate of drug-likeness (QED) is 0.796. The standard InChI is InChI=1S/C16H16ClNO4/c1-20-14-4-2-3-13(16(18)19)15(14)22-10-9-21-12-7-5-11(17)6-8-12/h2-8H,9-10H2,1H3,(H2,18,19). The van der Waals surface area contributed by atoms with Crippen molar-refractivity contribution < 1.29 is 19.0 Å². The molecular weight excluding hydrogens is 306 g/mol. The molecule has 0 aliphatic heterocycles. The summed E-state index contributed by atoms with van der Waals surface area (Å²) < 4.78 is 16.3. The van der Waals surface area contributed by atoms with E-state index in [9.17, 15) is 4.79 Å². The lowest BCUT2D eigenvalue weighted by atomic mass is 10.2. The third-order valence-electron chi connectivity index (χ3n) is 2.88. The van der Waals surface area contributed by atoms with Crippen molar-refractivity contribution in [2.75, 3.05) is 20.3 Å². The molecule has 6 heteroatoms. The van der Waals surface area contributed by atoms with Gasteiger partial charge in [-0.25, -0.2) is 0 Å². The first kappa shape index (κ1) is 16.0. The van der Waals surface area contributed by atoms with E-state index in [4.69, 9.17) is 31.5 Å². The molecule has 0 spiro atoms. The summed E-state index contributed by atoms with van der Waals surface area (Å²) in [5, 5.41) is 0.642. The summed E-state index contributed by atoms with van der Waals surface area (Å²) in [6.45, 7) is 0.543. The Morgan fingerprint density at radius 1 is 1.09 bits per heavy atom. The number of halogens is 1. The molecule has 2 aromatic carbocycles. The molecule has 0 bridgehead atoms. The van der Waals surface area contributed by atoms with Crippen LogP contribution in [-0.2, 0) is 0 Å². The Hall–Kier alpha value is -2.40. The summed E-state index contributed by atoms with van der Waals surface area (Å²) >= 11 is 5.80. The molecule has 1 amide bonds. The number of benzene rings is 2. The first-order chi connectivity index (χ1) is 10.6. The van der Waals surface area contributed by atoms with Crippen LogP contribution in [0.5, 0.6) is 17.2 Å². The molecular formula is C16H16ClNO4. The average Bonchev–Trinajstić information content (AvgIpc) is 2.53. The number of carbonyl (C=O) groups is 1. The van der Waals surface area contributed by atoms with Gasteiger partial charge in [0.2, 0.25) is 0 Å². The first-order valence-electron chi connectivity index (χ1n) is 6.60. The summed E-state index contributed by atoms with van der Waals surface area (Å²) in [6.07, 6.45) is 0. The van der Waals surface area contributed by atoms with Crippen LogP contribution in [0.2, 0.25) is 5.02 Å². The zero-order valence-corrected chi connectivity index (χ0v) is 12.8. The lowest BCUT2D eigenvalue weighted by Crippen LogP contribution is -2.16. The largest absolute Gasteiger partial charge is 0.493 e. The zero-order valence-electron chi connectivity index (χ0n) is 12.0. The number of hydrogen-bond acceptors (Lipinski definition) is 4. The Labute approximate surface area is 133 Å². The SMILES string of the molecule is COc1cccc(C(N)=O)c1OCCOc1ccc(Cl)cc1. The molecule has 0 atom stereocenters. The van der Waals surface area contributed by atoms with Gasteiger partial charge < -0.3 is 19.9 Å². The van der Waals surface area contributed by atoms with Gasteiger partial charge in [0.05, 0.1) is 12.7 Å². The highest BCUT2D eigenvalue weighted by atomic mass is 35.5. The summed E-state index contributed by atoms with van der Waals surface area (Å²) in [4.78, 5) is 11.4. The molecule has 0 unspecified atom stereocenters. The molecule has 116 valence electrons. The Bertz CT molecular complexity index is 643. The van der Waals surface area contributed by atoms with E-state index in [1.165, 1.54) is 7.11 Å². The first-order valence-corrected chi connectivity index (χ1v) is 6.97. The minimum absolute atomic E-state index is 0.239. The number of rotatable bonds is 7. The monoisotopic (exact) mass is 321 g/mol. The van der Waals surface area contributed by atoms with E-state index in [1.54, 1.807) is 42.5 Å². The maximum Gasteiger partial charge on any atom is 0.252 e. The van der Waals surface area contributed by atoms with E-state index in [-0.39, 0.29) is 12.2 Å². The molecule has 0 aliphatic carbocycles. The number of ether oxygens (including phenoxy) is 3. The Morgan fingerprint density at radius 2 is 1.77 bits per heavy atom. The second-order valence-corrected chi connectivity index (χ2v) is 4.79. The van der Waals surface area contributed by atoms with Crippen molar-refractivity contribution in [2.45, 2.75) is 0 Å². The van der Waals surface area contributed by atoms with Gasteiger partial charge in [0.15, 0.2) is 11.5 Å². The van der Waals surface area contributed by atoms with Gasteiger partial charge in [0, 0.05) is 5.02 Å². The molecule has 2 rings (SSSR count). The van der Waals surface area contributed by atoms with Gasteiger partial charge in [0.1, 0.15) is 19.0 Å². The van der Waals surface area contributed by atoms with Gasteiger partial charge in [-0.3, -0.25) is 4.79 Å². The van der Waals surface area contributed by atoms with Crippen LogP contribution >= 0.6 is 11.6 Å². The van der Waals surface area contributed by atoms with Gasteiger partial charge in [-0.05, 0) is 36.4 Å². The van der Waals surface area contributed by atoms with Gasteiger partial charge in [-0.15, -0.1) is 0 Å². The molecule has 2 N–H and O–H groups in total. The predicted octanol–water partition coefficient (Wildman–Crippen LogP) is 2.91. The molecule has 0 heterocycles. The number of primary amides is 1. The summed E-state index contributed by atoms with van der Waals surface area (Å²) in [5.74, 6) is 0.871. The highest BCUT2D eigenvalue weighted by Crippen LogP contribution is 2.30. The van der Waals surface area contributed by atoms with Crippen molar-refractivity contribution in [3.63, 3.8) is 0 Å². The molecule has 0 saturated heterocycles. The highest BCUT2D eigenvalue weighted by molar-refractivity contribution is 6.30. The number of methoxy groups -OCH3 is 1. The molecule has 2 aromatic rings. The third-order valence-corrected chi connectivity index (χ3v) is 3.13. The van der Waals surface area contributed by atoms with Gasteiger partial charge in [0.25, 0.3) is 5.91 Å². The van der Waals surface area contributed by atoms with Crippen LogP contribution in [0.4, 0.5) is 0 Å². The van der Waals surface area contributed by atoms with Crippen molar-refractivity contribution >= 4 is 17.5 Å². The Balaban J connectivity index is 1.96. The molecule has 22 heavy (non-hydrogen) atoms. The maximum atomic E-state index is 11.4. The van der Waals surface area contributed by atoms with Crippen molar-refractivity contribution in [1.29, 1.82) is 0 Å². The fourth-order valence-corrected chi connectivity index (χ4v) is 1.98. The van der Waals surface area contributed by atoms with E-state index in [0.717, 1.165) is 0 Å².